The first kappa shape index (κ1) is 12.7. The molecular weight excluding hydrogens is 250 g/mol. The predicted octanol–water partition coefficient (Wildman–Crippen LogP) is 3.46. The maximum Gasteiger partial charge on any atom is 0.358 e. The fourth-order valence-electron chi connectivity index (χ4n) is 1.58. The standard InChI is InChI=1S/C13H13NO3S/c1-3-18-10-6-4-9(5-7-10)12-14-11(13(15)16)8(2)17-12/h4-7H,3H2,1-2H3,(H,15,16). The van der Waals surface area contributed by atoms with Crippen molar-refractivity contribution in [3.63, 3.8) is 0 Å². The lowest BCUT2D eigenvalue weighted by Gasteiger charge is -1.99. The molecular formula is C13H13NO3S. The van der Waals surface area contributed by atoms with Crippen LogP contribution in [0.5, 0.6) is 0 Å². The number of benzene rings is 1. The molecule has 18 heavy (non-hydrogen) atoms. The van der Waals surface area contributed by atoms with Crippen molar-refractivity contribution in [3.8, 4) is 11.5 Å². The van der Waals surface area contributed by atoms with Crippen LogP contribution in [0.15, 0.2) is 33.6 Å². The van der Waals surface area contributed by atoms with Gasteiger partial charge in [-0.15, -0.1) is 11.8 Å². The van der Waals surface area contributed by atoms with E-state index in [1.165, 1.54) is 4.90 Å². The molecule has 1 N–H and O–H groups in total. The molecule has 0 aliphatic carbocycles. The molecule has 1 aromatic heterocycles. The fraction of sp³-hybridized carbons (Fsp3) is 0.231. The first-order valence-electron chi connectivity index (χ1n) is 5.55. The van der Waals surface area contributed by atoms with Gasteiger partial charge in [-0.05, 0) is 36.9 Å². The Labute approximate surface area is 109 Å². The lowest BCUT2D eigenvalue weighted by molar-refractivity contribution is 0.0689. The third kappa shape index (κ3) is 2.56. The van der Waals surface area contributed by atoms with Gasteiger partial charge in [0.1, 0.15) is 5.76 Å². The summed E-state index contributed by atoms with van der Waals surface area (Å²) in [5.41, 5.74) is 0.753. The van der Waals surface area contributed by atoms with Crippen LogP contribution in [0.2, 0.25) is 0 Å². The van der Waals surface area contributed by atoms with Gasteiger partial charge >= 0.3 is 5.97 Å². The Morgan fingerprint density at radius 2 is 2.06 bits per heavy atom. The molecule has 0 bridgehead atoms. The van der Waals surface area contributed by atoms with Gasteiger partial charge < -0.3 is 9.52 Å². The number of thioether (sulfide) groups is 1. The van der Waals surface area contributed by atoms with E-state index in [0.29, 0.717) is 11.7 Å². The molecule has 0 fully saturated rings. The number of rotatable bonds is 4. The van der Waals surface area contributed by atoms with Crippen molar-refractivity contribution in [1.82, 2.24) is 4.98 Å². The number of hydrogen-bond acceptors (Lipinski definition) is 4. The van der Waals surface area contributed by atoms with Crippen molar-refractivity contribution in [1.29, 1.82) is 0 Å². The van der Waals surface area contributed by atoms with Gasteiger partial charge in [-0.3, -0.25) is 0 Å². The lowest BCUT2D eigenvalue weighted by Crippen LogP contribution is -1.98. The van der Waals surface area contributed by atoms with E-state index >= 15 is 0 Å². The van der Waals surface area contributed by atoms with Crippen LogP contribution in [-0.2, 0) is 0 Å². The molecule has 0 radical (unpaired) electrons. The number of carbonyl (C=O) groups is 1. The second kappa shape index (κ2) is 5.27. The maximum atomic E-state index is 10.9. The summed E-state index contributed by atoms with van der Waals surface area (Å²) in [6, 6.07) is 7.72. The van der Waals surface area contributed by atoms with Crippen LogP contribution in [-0.4, -0.2) is 21.8 Å². The SMILES string of the molecule is CCSc1ccc(-c2nc(C(=O)O)c(C)o2)cc1. The van der Waals surface area contributed by atoms with Crippen LogP contribution in [0, 0.1) is 6.92 Å². The molecule has 2 rings (SSSR count). The second-order valence-corrected chi connectivity index (χ2v) is 5.02. The van der Waals surface area contributed by atoms with Gasteiger partial charge in [0, 0.05) is 10.5 Å². The predicted molar refractivity (Wildman–Crippen MR) is 70.0 cm³/mol. The van der Waals surface area contributed by atoms with Gasteiger partial charge in [0.25, 0.3) is 0 Å². The summed E-state index contributed by atoms with van der Waals surface area (Å²) in [7, 11) is 0. The maximum absolute atomic E-state index is 10.9. The smallest absolute Gasteiger partial charge is 0.358 e. The van der Waals surface area contributed by atoms with Gasteiger partial charge in [0.2, 0.25) is 5.89 Å². The molecule has 1 heterocycles. The van der Waals surface area contributed by atoms with Gasteiger partial charge in [-0.1, -0.05) is 6.92 Å². The monoisotopic (exact) mass is 263 g/mol. The van der Waals surface area contributed by atoms with E-state index in [-0.39, 0.29) is 5.69 Å². The Bertz CT molecular complexity index is 560. The van der Waals surface area contributed by atoms with Crippen LogP contribution >= 0.6 is 11.8 Å². The highest BCUT2D eigenvalue weighted by Crippen LogP contribution is 2.25. The number of oxazole rings is 1. The van der Waals surface area contributed by atoms with E-state index in [9.17, 15) is 4.79 Å². The summed E-state index contributed by atoms with van der Waals surface area (Å²) >= 11 is 1.75. The summed E-state index contributed by atoms with van der Waals surface area (Å²) in [6.45, 7) is 3.69. The highest BCUT2D eigenvalue weighted by atomic mass is 32.2. The lowest BCUT2D eigenvalue weighted by atomic mass is 10.2. The molecule has 4 nitrogen and oxygen atoms in total. The van der Waals surface area contributed by atoms with Crippen molar-refractivity contribution in [2.45, 2.75) is 18.7 Å². The average Bonchev–Trinajstić information content (AvgIpc) is 2.73. The summed E-state index contributed by atoms with van der Waals surface area (Å²) < 4.78 is 5.36. The van der Waals surface area contributed by atoms with E-state index in [1.807, 2.05) is 24.3 Å². The van der Waals surface area contributed by atoms with E-state index in [0.717, 1.165) is 11.3 Å². The number of nitrogens with zero attached hydrogens (tertiary/aromatic N) is 1. The Kier molecular flexibility index (Phi) is 3.72. The molecule has 0 amide bonds. The second-order valence-electron chi connectivity index (χ2n) is 3.69. The number of carboxylic acids is 1. The Balaban J connectivity index is 2.31. The van der Waals surface area contributed by atoms with Crippen LogP contribution in [0.25, 0.3) is 11.5 Å². The molecule has 0 atom stereocenters. The zero-order chi connectivity index (χ0) is 13.1. The minimum atomic E-state index is -1.07. The van der Waals surface area contributed by atoms with E-state index in [4.69, 9.17) is 9.52 Å². The Hall–Kier alpha value is -1.75. The molecule has 0 unspecified atom stereocenters. The molecule has 2 aromatic rings. The van der Waals surface area contributed by atoms with Gasteiger partial charge in [0.05, 0.1) is 0 Å². The van der Waals surface area contributed by atoms with Gasteiger partial charge in [0.15, 0.2) is 5.69 Å². The number of aryl methyl sites for hydroxylation is 1. The normalized spacial score (nSPS) is 10.6. The first-order chi connectivity index (χ1) is 8.61. The number of carboxylic acid groups (broad SMARTS) is 1. The summed E-state index contributed by atoms with van der Waals surface area (Å²) in [5.74, 6) is 0.615. The molecule has 0 aliphatic rings. The zero-order valence-corrected chi connectivity index (χ0v) is 11.0. The fourth-order valence-corrected chi connectivity index (χ4v) is 2.24. The van der Waals surface area contributed by atoms with Crippen molar-refractivity contribution >= 4 is 17.7 Å². The number of hydrogen-bond donors (Lipinski definition) is 1. The minimum absolute atomic E-state index is 0.0305. The highest BCUT2D eigenvalue weighted by molar-refractivity contribution is 7.99. The minimum Gasteiger partial charge on any atom is -0.476 e. The first-order valence-corrected chi connectivity index (χ1v) is 6.54. The summed E-state index contributed by atoms with van der Waals surface area (Å²) in [4.78, 5) is 16.0. The summed E-state index contributed by atoms with van der Waals surface area (Å²) in [5, 5.41) is 8.91. The highest BCUT2D eigenvalue weighted by Gasteiger charge is 2.16. The number of aromatic nitrogens is 1. The molecule has 0 saturated carbocycles. The molecule has 0 aliphatic heterocycles. The molecule has 5 heteroatoms. The van der Waals surface area contributed by atoms with Crippen LogP contribution in [0.4, 0.5) is 0 Å². The largest absolute Gasteiger partial charge is 0.476 e. The number of aromatic carboxylic acids is 1. The Morgan fingerprint density at radius 3 is 2.56 bits per heavy atom. The quantitative estimate of drug-likeness (QED) is 0.856. The topological polar surface area (TPSA) is 63.3 Å². The van der Waals surface area contributed by atoms with Crippen LogP contribution in [0.3, 0.4) is 0 Å². The van der Waals surface area contributed by atoms with E-state index in [1.54, 1.807) is 18.7 Å². The molecule has 0 spiro atoms. The van der Waals surface area contributed by atoms with E-state index in [2.05, 4.69) is 11.9 Å². The average molecular weight is 263 g/mol. The molecule has 94 valence electrons. The molecule has 1 aromatic carbocycles. The van der Waals surface area contributed by atoms with Crippen molar-refractivity contribution in [2.24, 2.45) is 0 Å². The third-order valence-corrected chi connectivity index (χ3v) is 3.31. The molecule has 0 saturated heterocycles. The zero-order valence-electron chi connectivity index (χ0n) is 10.1. The summed E-state index contributed by atoms with van der Waals surface area (Å²) in [6.07, 6.45) is 0. The van der Waals surface area contributed by atoms with Gasteiger partial charge in [-0.25, -0.2) is 9.78 Å². The van der Waals surface area contributed by atoms with Gasteiger partial charge in [-0.2, -0.15) is 0 Å². The van der Waals surface area contributed by atoms with Crippen LogP contribution < -0.4 is 0 Å². The van der Waals surface area contributed by atoms with Crippen LogP contribution in [0.1, 0.15) is 23.2 Å². The third-order valence-electron chi connectivity index (χ3n) is 2.41. The van der Waals surface area contributed by atoms with E-state index < -0.39 is 5.97 Å². The van der Waals surface area contributed by atoms with Crippen molar-refractivity contribution in [2.75, 3.05) is 5.75 Å². The van der Waals surface area contributed by atoms with Crippen molar-refractivity contribution < 1.29 is 14.3 Å². The van der Waals surface area contributed by atoms with Crippen molar-refractivity contribution in [3.05, 3.63) is 35.7 Å². The Morgan fingerprint density at radius 1 is 1.39 bits per heavy atom.